The Kier molecular flexibility index (Phi) is 3.48. The van der Waals surface area contributed by atoms with Gasteiger partial charge in [0.15, 0.2) is 0 Å². The van der Waals surface area contributed by atoms with Gasteiger partial charge in [0.1, 0.15) is 6.10 Å². The number of benzene rings is 1. The first-order chi connectivity index (χ1) is 8.18. The van der Waals surface area contributed by atoms with Crippen LogP contribution in [0.1, 0.15) is 37.9 Å². The van der Waals surface area contributed by atoms with Gasteiger partial charge >= 0.3 is 5.97 Å². The minimum atomic E-state index is -0.400. The molecule has 1 fully saturated rings. The van der Waals surface area contributed by atoms with Crippen molar-refractivity contribution in [3.8, 4) is 0 Å². The molecule has 0 radical (unpaired) electrons. The number of rotatable bonds is 4. The van der Waals surface area contributed by atoms with Crippen molar-refractivity contribution >= 4 is 5.97 Å². The molecule has 1 aromatic carbocycles. The van der Waals surface area contributed by atoms with Crippen LogP contribution in [0.3, 0.4) is 0 Å². The molecule has 0 saturated heterocycles. The highest BCUT2D eigenvalue weighted by Gasteiger charge is 2.44. The summed E-state index contributed by atoms with van der Waals surface area (Å²) >= 11 is 0. The molecule has 1 aromatic rings. The van der Waals surface area contributed by atoms with Crippen molar-refractivity contribution in [3.05, 3.63) is 35.9 Å². The van der Waals surface area contributed by atoms with Gasteiger partial charge in [-0.3, -0.25) is 4.79 Å². The largest absolute Gasteiger partial charge is 0.457 e. The molecule has 1 unspecified atom stereocenters. The first-order valence-corrected chi connectivity index (χ1v) is 6.14. The Bertz CT molecular complexity index is 379. The highest BCUT2D eigenvalue weighted by molar-refractivity contribution is 5.78. The lowest BCUT2D eigenvalue weighted by atomic mass is 9.69. The Morgan fingerprint density at radius 3 is 2.53 bits per heavy atom. The van der Waals surface area contributed by atoms with Gasteiger partial charge < -0.3 is 10.5 Å². The van der Waals surface area contributed by atoms with Crippen LogP contribution in [0.25, 0.3) is 0 Å². The molecule has 0 amide bonds. The average Bonchev–Trinajstić information content (AvgIpc) is 2.29. The minimum absolute atomic E-state index is 0.136. The summed E-state index contributed by atoms with van der Waals surface area (Å²) in [5, 5.41) is 0. The number of carbonyl (C=O) groups excluding carboxylic acids is 1. The van der Waals surface area contributed by atoms with Crippen molar-refractivity contribution in [1.29, 1.82) is 0 Å². The maximum atomic E-state index is 12.1. The second-order valence-corrected chi connectivity index (χ2v) is 4.80. The van der Waals surface area contributed by atoms with Crippen molar-refractivity contribution in [2.45, 2.75) is 32.3 Å². The maximum absolute atomic E-state index is 12.1. The minimum Gasteiger partial charge on any atom is -0.457 e. The van der Waals surface area contributed by atoms with E-state index in [1.807, 2.05) is 37.3 Å². The van der Waals surface area contributed by atoms with E-state index in [9.17, 15) is 4.79 Å². The van der Waals surface area contributed by atoms with E-state index >= 15 is 0 Å². The molecule has 2 N–H and O–H groups in total. The van der Waals surface area contributed by atoms with Crippen molar-refractivity contribution in [2.24, 2.45) is 11.1 Å². The van der Waals surface area contributed by atoms with E-state index in [4.69, 9.17) is 10.5 Å². The summed E-state index contributed by atoms with van der Waals surface area (Å²) in [6.07, 6.45) is 2.60. The highest BCUT2D eigenvalue weighted by Crippen LogP contribution is 2.41. The molecule has 17 heavy (non-hydrogen) atoms. The Hall–Kier alpha value is -1.35. The van der Waals surface area contributed by atoms with E-state index in [1.54, 1.807) is 0 Å². The van der Waals surface area contributed by atoms with Crippen LogP contribution in [0.5, 0.6) is 0 Å². The molecule has 1 aliphatic carbocycles. The van der Waals surface area contributed by atoms with Gasteiger partial charge in [-0.05, 0) is 25.3 Å². The van der Waals surface area contributed by atoms with E-state index in [-0.39, 0.29) is 12.1 Å². The second-order valence-electron chi connectivity index (χ2n) is 4.80. The zero-order chi connectivity index (χ0) is 12.3. The van der Waals surface area contributed by atoms with Crippen molar-refractivity contribution < 1.29 is 9.53 Å². The maximum Gasteiger partial charge on any atom is 0.313 e. The molecular formula is C14H19NO2. The summed E-state index contributed by atoms with van der Waals surface area (Å²) in [5.74, 6) is -0.136. The van der Waals surface area contributed by atoms with Gasteiger partial charge in [-0.15, -0.1) is 0 Å². The van der Waals surface area contributed by atoms with Gasteiger partial charge in [0.05, 0.1) is 5.41 Å². The second kappa shape index (κ2) is 4.88. The van der Waals surface area contributed by atoms with E-state index in [0.717, 1.165) is 24.8 Å². The topological polar surface area (TPSA) is 52.3 Å². The molecule has 3 nitrogen and oxygen atoms in total. The predicted octanol–water partition coefficient (Wildman–Crippen LogP) is 2.42. The smallest absolute Gasteiger partial charge is 0.313 e. The van der Waals surface area contributed by atoms with Crippen molar-refractivity contribution in [2.75, 3.05) is 6.54 Å². The van der Waals surface area contributed by atoms with Gasteiger partial charge in [-0.25, -0.2) is 0 Å². The lowest BCUT2D eigenvalue weighted by Crippen LogP contribution is -2.45. The average molecular weight is 233 g/mol. The lowest BCUT2D eigenvalue weighted by Gasteiger charge is -2.38. The summed E-state index contributed by atoms with van der Waals surface area (Å²) < 4.78 is 5.52. The third kappa shape index (κ3) is 2.34. The Morgan fingerprint density at radius 2 is 2.06 bits per heavy atom. The molecule has 1 aliphatic rings. The van der Waals surface area contributed by atoms with E-state index < -0.39 is 5.41 Å². The van der Waals surface area contributed by atoms with Crippen LogP contribution in [-0.4, -0.2) is 12.5 Å². The molecule has 92 valence electrons. The zero-order valence-electron chi connectivity index (χ0n) is 10.2. The van der Waals surface area contributed by atoms with Crippen LogP contribution in [-0.2, 0) is 9.53 Å². The van der Waals surface area contributed by atoms with E-state index in [2.05, 4.69) is 0 Å². The van der Waals surface area contributed by atoms with Crippen LogP contribution in [0.2, 0.25) is 0 Å². The normalized spacial score (nSPS) is 19.2. The number of carbonyl (C=O) groups is 1. The molecule has 0 aromatic heterocycles. The quantitative estimate of drug-likeness (QED) is 0.812. The molecule has 1 saturated carbocycles. The first-order valence-electron chi connectivity index (χ1n) is 6.14. The molecule has 3 heteroatoms. The molecule has 0 heterocycles. The molecule has 0 spiro atoms. The summed E-state index contributed by atoms with van der Waals surface area (Å²) in [4.78, 5) is 12.1. The fourth-order valence-corrected chi connectivity index (χ4v) is 2.17. The standard InChI is InChI=1S/C14H19NO2/c1-11(12-6-3-2-4-7-12)17-13(16)14(10-15)8-5-9-14/h2-4,6-7,11H,5,8-10,15H2,1H3. The van der Waals surface area contributed by atoms with Crippen molar-refractivity contribution in [3.63, 3.8) is 0 Å². The van der Waals surface area contributed by atoms with E-state index in [1.165, 1.54) is 0 Å². The molecule has 0 bridgehead atoms. The third-order valence-electron chi connectivity index (χ3n) is 3.69. The zero-order valence-corrected chi connectivity index (χ0v) is 10.2. The fourth-order valence-electron chi connectivity index (χ4n) is 2.17. The van der Waals surface area contributed by atoms with Crippen LogP contribution in [0.15, 0.2) is 30.3 Å². The van der Waals surface area contributed by atoms with Crippen LogP contribution in [0.4, 0.5) is 0 Å². The van der Waals surface area contributed by atoms with Gasteiger partial charge in [-0.2, -0.15) is 0 Å². The summed E-state index contributed by atoms with van der Waals surface area (Å²) in [6, 6.07) is 9.77. The Balaban J connectivity index is 1.99. The molecule has 0 aliphatic heterocycles. The number of hydrogen-bond donors (Lipinski definition) is 1. The first kappa shape index (κ1) is 12.1. The molecule has 2 rings (SSSR count). The SMILES string of the molecule is CC(OC(=O)C1(CN)CCC1)c1ccccc1. The highest BCUT2D eigenvalue weighted by atomic mass is 16.5. The lowest BCUT2D eigenvalue weighted by molar-refractivity contribution is -0.166. The Labute approximate surface area is 102 Å². The van der Waals surface area contributed by atoms with Crippen LogP contribution >= 0.6 is 0 Å². The summed E-state index contributed by atoms with van der Waals surface area (Å²) in [5.41, 5.74) is 6.30. The van der Waals surface area contributed by atoms with E-state index in [0.29, 0.717) is 6.54 Å². The molecule has 1 atom stereocenters. The molecular weight excluding hydrogens is 214 g/mol. The monoisotopic (exact) mass is 233 g/mol. The fraction of sp³-hybridized carbons (Fsp3) is 0.500. The third-order valence-corrected chi connectivity index (χ3v) is 3.69. The van der Waals surface area contributed by atoms with Gasteiger partial charge in [0.2, 0.25) is 0 Å². The van der Waals surface area contributed by atoms with Gasteiger partial charge in [0, 0.05) is 6.54 Å². The van der Waals surface area contributed by atoms with Crippen LogP contribution < -0.4 is 5.73 Å². The summed E-state index contributed by atoms with van der Waals surface area (Å²) in [7, 11) is 0. The number of esters is 1. The number of hydrogen-bond acceptors (Lipinski definition) is 3. The Morgan fingerprint density at radius 1 is 1.41 bits per heavy atom. The van der Waals surface area contributed by atoms with Gasteiger partial charge in [-0.1, -0.05) is 36.8 Å². The number of ether oxygens (including phenoxy) is 1. The van der Waals surface area contributed by atoms with Crippen LogP contribution in [0, 0.1) is 5.41 Å². The number of nitrogens with two attached hydrogens (primary N) is 1. The predicted molar refractivity (Wildman–Crippen MR) is 66.3 cm³/mol. The van der Waals surface area contributed by atoms with Gasteiger partial charge in [0.25, 0.3) is 0 Å². The summed E-state index contributed by atoms with van der Waals surface area (Å²) in [6.45, 7) is 2.30. The van der Waals surface area contributed by atoms with Crippen molar-refractivity contribution in [1.82, 2.24) is 0 Å².